The van der Waals surface area contributed by atoms with Gasteiger partial charge in [-0.05, 0) is 45.7 Å². The number of rotatable bonds is 8. The van der Waals surface area contributed by atoms with Crippen LogP contribution < -0.4 is 10.6 Å². The van der Waals surface area contributed by atoms with Crippen molar-refractivity contribution in [1.29, 1.82) is 0 Å². The van der Waals surface area contributed by atoms with Gasteiger partial charge in [-0.25, -0.2) is 0 Å². The molecular formula is C19H39N5O. The number of nitrogens with zero attached hydrogens (tertiary/aromatic N) is 3. The Bertz CT molecular complexity index is 382. The summed E-state index contributed by atoms with van der Waals surface area (Å²) in [6.07, 6.45) is 6.33. The molecule has 6 nitrogen and oxygen atoms in total. The molecule has 2 heterocycles. The molecule has 2 aliphatic heterocycles. The van der Waals surface area contributed by atoms with Gasteiger partial charge in [0, 0.05) is 45.4 Å². The molecule has 0 bridgehead atoms. The van der Waals surface area contributed by atoms with Crippen molar-refractivity contribution in [3.8, 4) is 0 Å². The zero-order chi connectivity index (χ0) is 17.9. The summed E-state index contributed by atoms with van der Waals surface area (Å²) >= 11 is 0. The third-order valence-electron chi connectivity index (χ3n) is 5.50. The zero-order valence-corrected chi connectivity index (χ0v) is 16.6. The molecule has 6 heteroatoms. The number of likely N-dealkylation sites (tertiary alicyclic amines) is 2. The third kappa shape index (κ3) is 7.12. The Morgan fingerprint density at radius 1 is 1.12 bits per heavy atom. The van der Waals surface area contributed by atoms with Crippen molar-refractivity contribution in [3.05, 3.63) is 0 Å². The van der Waals surface area contributed by atoms with E-state index in [4.69, 9.17) is 9.73 Å². The van der Waals surface area contributed by atoms with Crippen LogP contribution in [0.3, 0.4) is 0 Å². The first kappa shape index (κ1) is 20.5. The maximum Gasteiger partial charge on any atom is 0.191 e. The first-order chi connectivity index (χ1) is 12.3. The van der Waals surface area contributed by atoms with Gasteiger partial charge < -0.3 is 20.3 Å². The minimum Gasteiger partial charge on any atom is -0.383 e. The zero-order valence-electron chi connectivity index (χ0n) is 16.6. The molecule has 0 aromatic carbocycles. The summed E-state index contributed by atoms with van der Waals surface area (Å²) in [7, 11) is 1.78. The number of hydrogen-bond donors (Lipinski definition) is 2. The predicted octanol–water partition coefficient (Wildman–Crippen LogP) is 1.53. The third-order valence-corrected chi connectivity index (χ3v) is 5.50. The molecule has 0 aromatic heterocycles. The van der Waals surface area contributed by atoms with Crippen LogP contribution in [0.25, 0.3) is 0 Å². The number of guanidine groups is 1. The average Bonchev–Trinajstić information content (AvgIpc) is 2.66. The van der Waals surface area contributed by atoms with E-state index in [1.54, 1.807) is 7.11 Å². The lowest BCUT2D eigenvalue weighted by Gasteiger charge is -2.34. The fourth-order valence-corrected chi connectivity index (χ4v) is 3.91. The van der Waals surface area contributed by atoms with E-state index >= 15 is 0 Å². The molecule has 25 heavy (non-hydrogen) atoms. The maximum atomic E-state index is 5.18. The highest BCUT2D eigenvalue weighted by Crippen LogP contribution is 2.16. The van der Waals surface area contributed by atoms with Gasteiger partial charge in [0.25, 0.3) is 0 Å². The monoisotopic (exact) mass is 353 g/mol. The molecule has 0 amide bonds. The van der Waals surface area contributed by atoms with E-state index in [1.165, 1.54) is 38.6 Å². The second-order valence-corrected chi connectivity index (χ2v) is 7.25. The van der Waals surface area contributed by atoms with Crippen LogP contribution in [0, 0.1) is 0 Å². The number of ether oxygens (including phenoxy) is 1. The summed E-state index contributed by atoms with van der Waals surface area (Å²) in [5.41, 5.74) is 0. The van der Waals surface area contributed by atoms with E-state index in [2.05, 4.69) is 34.3 Å². The Morgan fingerprint density at radius 2 is 1.92 bits per heavy atom. The van der Waals surface area contributed by atoms with Crippen LogP contribution in [0.4, 0.5) is 0 Å². The highest BCUT2D eigenvalue weighted by atomic mass is 16.5. The summed E-state index contributed by atoms with van der Waals surface area (Å²) < 4.78 is 5.18. The highest BCUT2D eigenvalue weighted by molar-refractivity contribution is 5.80. The number of nitrogens with one attached hydrogen (secondary N) is 2. The van der Waals surface area contributed by atoms with E-state index < -0.39 is 0 Å². The average molecular weight is 354 g/mol. The van der Waals surface area contributed by atoms with Gasteiger partial charge in [-0.3, -0.25) is 9.89 Å². The van der Waals surface area contributed by atoms with Crippen molar-refractivity contribution >= 4 is 5.96 Å². The molecule has 0 aliphatic carbocycles. The van der Waals surface area contributed by atoms with Gasteiger partial charge in [0.05, 0.1) is 13.2 Å². The molecule has 2 N–H and O–H groups in total. The predicted molar refractivity (Wildman–Crippen MR) is 105 cm³/mol. The molecule has 1 atom stereocenters. The molecule has 0 spiro atoms. The van der Waals surface area contributed by atoms with Crippen molar-refractivity contribution in [2.75, 3.05) is 59.5 Å². The molecule has 2 saturated heterocycles. The van der Waals surface area contributed by atoms with Gasteiger partial charge in [-0.1, -0.05) is 13.3 Å². The standard InChI is InChI=1S/C19H39N5O/c1-4-20-19(21-16-18-8-6-7-11-24(18)5-2)22-17-9-12-23(13-10-17)14-15-25-3/h17-18H,4-16H2,1-3H3,(H2,20,21,22). The van der Waals surface area contributed by atoms with Crippen LogP contribution in [-0.4, -0.2) is 87.4 Å². The maximum absolute atomic E-state index is 5.18. The van der Waals surface area contributed by atoms with Gasteiger partial charge >= 0.3 is 0 Å². The topological polar surface area (TPSA) is 52.1 Å². The summed E-state index contributed by atoms with van der Waals surface area (Å²) in [6, 6.07) is 1.15. The first-order valence-corrected chi connectivity index (χ1v) is 10.3. The van der Waals surface area contributed by atoms with E-state index in [-0.39, 0.29) is 0 Å². The number of likely N-dealkylation sites (N-methyl/N-ethyl adjacent to an activating group) is 1. The summed E-state index contributed by atoms with van der Waals surface area (Å²) in [6.45, 7) is 12.8. The molecule has 0 radical (unpaired) electrons. The number of aliphatic imine (C=N–C) groups is 1. The van der Waals surface area contributed by atoms with Crippen LogP contribution >= 0.6 is 0 Å². The number of hydrogen-bond acceptors (Lipinski definition) is 4. The van der Waals surface area contributed by atoms with Gasteiger partial charge in [-0.15, -0.1) is 0 Å². The summed E-state index contributed by atoms with van der Waals surface area (Å²) in [5, 5.41) is 7.10. The fourth-order valence-electron chi connectivity index (χ4n) is 3.91. The molecule has 0 saturated carbocycles. The fraction of sp³-hybridized carbons (Fsp3) is 0.947. The Balaban J connectivity index is 1.79. The van der Waals surface area contributed by atoms with Crippen molar-refractivity contribution in [1.82, 2.24) is 20.4 Å². The normalized spacial score (nSPS) is 24.4. The summed E-state index contributed by atoms with van der Waals surface area (Å²) in [4.78, 5) is 10.00. The van der Waals surface area contributed by atoms with Crippen LogP contribution in [0.5, 0.6) is 0 Å². The quantitative estimate of drug-likeness (QED) is 0.512. The number of methoxy groups -OCH3 is 1. The minimum absolute atomic E-state index is 0.533. The minimum atomic E-state index is 0.533. The van der Waals surface area contributed by atoms with Gasteiger partial charge in [0.1, 0.15) is 0 Å². The van der Waals surface area contributed by atoms with Crippen LogP contribution in [0.2, 0.25) is 0 Å². The van der Waals surface area contributed by atoms with Gasteiger partial charge in [0.15, 0.2) is 5.96 Å². The molecular weight excluding hydrogens is 314 g/mol. The first-order valence-electron chi connectivity index (χ1n) is 10.3. The lowest BCUT2D eigenvalue weighted by Crippen LogP contribution is -2.49. The second-order valence-electron chi connectivity index (χ2n) is 7.25. The van der Waals surface area contributed by atoms with Crippen molar-refractivity contribution in [3.63, 3.8) is 0 Å². The smallest absolute Gasteiger partial charge is 0.191 e. The lowest BCUT2D eigenvalue weighted by molar-refractivity contribution is 0.128. The van der Waals surface area contributed by atoms with E-state index in [0.29, 0.717) is 12.1 Å². The molecule has 2 fully saturated rings. The molecule has 1 unspecified atom stereocenters. The Kier molecular flexibility index (Phi) is 9.58. The Labute approximate surface area is 154 Å². The number of piperidine rings is 2. The van der Waals surface area contributed by atoms with Gasteiger partial charge in [-0.2, -0.15) is 0 Å². The molecule has 0 aromatic rings. The lowest BCUT2D eigenvalue weighted by atomic mass is 10.0. The van der Waals surface area contributed by atoms with Crippen LogP contribution in [0.1, 0.15) is 46.0 Å². The van der Waals surface area contributed by atoms with Crippen molar-refractivity contribution in [2.45, 2.75) is 58.0 Å². The van der Waals surface area contributed by atoms with Gasteiger partial charge in [0.2, 0.25) is 0 Å². The Morgan fingerprint density at radius 3 is 2.60 bits per heavy atom. The Hall–Kier alpha value is -0.850. The summed E-state index contributed by atoms with van der Waals surface area (Å²) in [5.74, 6) is 1.000. The largest absolute Gasteiger partial charge is 0.383 e. The van der Waals surface area contributed by atoms with Crippen LogP contribution in [0.15, 0.2) is 4.99 Å². The SMILES string of the molecule is CCNC(=NCC1CCCCN1CC)NC1CCN(CCOC)CC1. The van der Waals surface area contributed by atoms with E-state index in [9.17, 15) is 0 Å². The second kappa shape index (κ2) is 11.7. The van der Waals surface area contributed by atoms with Crippen molar-refractivity contribution < 1.29 is 4.74 Å². The highest BCUT2D eigenvalue weighted by Gasteiger charge is 2.22. The van der Waals surface area contributed by atoms with E-state index in [0.717, 1.165) is 51.8 Å². The van der Waals surface area contributed by atoms with E-state index in [1.807, 2.05) is 0 Å². The van der Waals surface area contributed by atoms with Crippen molar-refractivity contribution in [2.24, 2.45) is 4.99 Å². The molecule has 2 rings (SSSR count). The molecule has 2 aliphatic rings. The van der Waals surface area contributed by atoms with Crippen LogP contribution in [-0.2, 0) is 4.74 Å². The molecule has 146 valence electrons.